The molecule has 106 valence electrons. The van der Waals surface area contributed by atoms with Crippen LogP contribution < -0.4 is 5.32 Å². The molecular weight excluding hydrogens is 256 g/mol. The molecule has 1 aromatic rings. The number of hydrogen-bond donors (Lipinski definition) is 1. The van der Waals surface area contributed by atoms with Gasteiger partial charge >= 0.3 is 0 Å². The molecule has 1 saturated heterocycles. The standard InChI is InChI=1S/C14H24N4S/c1-4-15-14(18-7-5-6-8-18)16-9-12-10-19-13(17-12)11(2)3/h10-11H,4-9H2,1-3H3,(H,15,16). The van der Waals surface area contributed by atoms with Crippen molar-refractivity contribution in [3.8, 4) is 0 Å². The average Bonchev–Trinajstić information content (AvgIpc) is 3.05. The lowest BCUT2D eigenvalue weighted by Gasteiger charge is -2.20. The molecule has 4 nitrogen and oxygen atoms in total. The van der Waals surface area contributed by atoms with E-state index in [1.165, 1.54) is 17.8 Å². The maximum absolute atomic E-state index is 4.71. The SMILES string of the molecule is CCNC(=NCc1csc(C(C)C)n1)N1CCCC1. The van der Waals surface area contributed by atoms with Gasteiger partial charge in [-0.3, -0.25) is 0 Å². The van der Waals surface area contributed by atoms with Gasteiger partial charge in [0.15, 0.2) is 5.96 Å². The fourth-order valence-corrected chi connectivity index (χ4v) is 3.00. The van der Waals surface area contributed by atoms with Crippen molar-refractivity contribution in [3.05, 3.63) is 16.1 Å². The number of nitrogens with one attached hydrogen (secondary N) is 1. The maximum Gasteiger partial charge on any atom is 0.194 e. The lowest BCUT2D eigenvalue weighted by atomic mass is 10.2. The molecule has 1 N–H and O–H groups in total. The van der Waals surface area contributed by atoms with Gasteiger partial charge in [-0.15, -0.1) is 11.3 Å². The van der Waals surface area contributed by atoms with Crippen molar-refractivity contribution in [1.82, 2.24) is 15.2 Å². The van der Waals surface area contributed by atoms with Crippen LogP contribution in [0.15, 0.2) is 10.4 Å². The molecule has 5 heteroatoms. The minimum absolute atomic E-state index is 0.509. The Morgan fingerprint density at radius 2 is 2.21 bits per heavy atom. The van der Waals surface area contributed by atoms with Crippen molar-refractivity contribution in [2.75, 3.05) is 19.6 Å². The Hall–Kier alpha value is -1.10. The second-order valence-electron chi connectivity index (χ2n) is 5.20. The highest BCUT2D eigenvalue weighted by Gasteiger charge is 2.15. The number of likely N-dealkylation sites (tertiary alicyclic amines) is 1. The number of rotatable bonds is 4. The van der Waals surface area contributed by atoms with Gasteiger partial charge in [0, 0.05) is 30.9 Å². The molecule has 1 fully saturated rings. The quantitative estimate of drug-likeness (QED) is 0.681. The van der Waals surface area contributed by atoms with Crippen LogP contribution in [0.25, 0.3) is 0 Å². The summed E-state index contributed by atoms with van der Waals surface area (Å²) in [5.74, 6) is 1.55. The Bertz CT molecular complexity index is 419. The maximum atomic E-state index is 4.71. The molecule has 0 amide bonds. The van der Waals surface area contributed by atoms with Crippen LogP contribution in [0.2, 0.25) is 0 Å². The minimum Gasteiger partial charge on any atom is -0.357 e. The van der Waals surface area contributed by atoms with E-state index in [-0.39, 0.29) is 0 Å². The summed E-state index contributed by atoms with van der Waals surface area (Å²) < 4.78 is 0. The van der Waals surface area contributed by atoms with Crippen LogP contribution in [0.3, 0.4) is 0 Å². The second kappa shape index (κ2) is 6.89. The van der Waals surface area contributed by atoms with E-state index in [1.54, 1.807) is 11.3 Å². The van der Waals surface area contributed by atoms with E-state index in [2.05, 4.69) is 41.4 Å². The van der Waals surface area contributed by atoms with E-state index in [0.717, 1.165) is 31.3 Å². The monoisotopic (exact) mass is 280 g/mol. The zero-order valence-corrected chi connectivity index (χ0v) is 13.0. The summed E-state index contributed by atoms with van der Waals surface area (Å²) in [5.41, 5.74) is 1.09. The van der Waals surface area contributed by atoms with Crippen molar-refractivity contribution in [2.45, 2.75) is 46.1 Å². The van der Waals surface area contributed by atoms with E-state index in [1.807, 2.05) is 0 Å². The van der Waals surface area contributed by atoms with Gasteiger partial charge in [-0.25, -0.2) is 9.98 Å². The highest BCUT2D eigenvalue weighted by molar-refractivity contribution is 7.09. The van der Waals surface area contributed by atoms with Crippen LogP contribution in [0.4, 0.5) is 0 Å². The predicted molar refractivity (Wildman–Crippen MR) is 81.8 cm³/mol. The molecular formula is C14H24N4S. The highest BCUT2D eigenvalue weighted by Crippen LogP contribution is 2.19. The summed E-state index contributed by atoms with van der Waals surface area (Å²) in [5, 5.41) is 6.71. The van der Waals surface area contributed by atoms with Crippen molar-refractivity contribution >= 4 is 17.3 Å². The van der Waals surface area contributed by atoms with Crippen LogP contribution in [0.5, 0.6) is 0 Å². The van der Waals surface area contributed by atoms with Crippen molar-refractivity contribution in [2.24, 2.45) is 4.99 Å². The Kier molecular flexibility index (Phi) is 5.19. The molecule has 2 rings (SSSR count). The van der Waals surface area contributed by atoms with Gasteiger partial charge in [0.2, 0.25) is 0 Å². The fourth-order valence-electron chi connectivity index (χ4n) is 2.17. The lowest BCUT2D eigenvalue weighted by molar-refractivity contribution is 0.493. The average molecular weight is 280 g/mol. The first-order valence-corrected chi connectivity index (χ1v) is 8.06. The Balaban J connectivity index is 2.00. The first kappa shape index (κ1) is 14.3. The van der Waals surface area contributed by atoms with Crippen LogP contribution >= 0.6 is 11.3 Å². The third-order valence-corrected chi connectivity index (χ3v) is 4.39. The van der Waals surface area contributed by atoms with Gasteiger partial charge in [-0.05, 0) is 19.8 Å². The normalized spacial score (nSPS) is 16.4. The summed E-state index contributed by atoms with van der Waals surface area (Å²) in [6.45, 7) is 10.3. The predicted octanol–water partition coefficient (Wildman–Crippen LogP) is 2.83. The molecule has 2 heterocycles. The minimum atomic E-state index is 0.509. The number of thiazole rings is 1. The summed E-state index contributed by atoms with van der Waals surface area (Å²) in [6, 6.07) is 0. The molecule has 1 aromatic heterocycles. The van der Waals surface area contributed by atoms with E-state index in [4.69, 9.17) is 4.99 Å². The first-order valence-electron chi connectivity index (χ1n) is 7.18. The third kappa shape index (κ3) is 3.93. The van der Waals surface area contributed by atoms with E-state index in [0.29, 0.717) is 12.5 Å². The molecule has 0 saturated carbocycles. The molecule has 0 bridgehead atoms. The van der Waals surface area contributed by atoms with E-state index >= 15 is 0 Å². The molecule has 0 aromatic carbocycles. The highest BCUT2D eigenvalue weighted by atomic mass is 32.1. The second-order valence-corrected chi connectivity index (χ2v) is 6.09. The van der Waals surface area contributed by atoms with Crippen LogP contribution in [0.1, 0.15) is 50.2 Å². The van der Waals surface area contributed by atoms with Crippen molar-refractivity contribution in [1.29, 1.82) is 0 Å². The van der Waals surface area contributed by atoms with Crippen LogP contribution in [-0.2, 0) is 6.54 Å². The van der Waals surface area contributed by atoms with Crippen LogP contribution in [-0.4, -0.2) is 35.5 Å². The Morgan fingerprint density at radius 1 is 1.47 bits per heavy atom. The van der Waals surface area contributed by atoms with E-state index in [9.17, 15) is 0 Å². The van der Waals surface area contributed by atoms with Crippen LogP contribution in [0, 0.1) is 0 Å². The van der Waals surface area contributed by atoms with Crippen molar-refractivity contribution < 1.29 is 0 Å². The van der Waals surface area contributed by atoms with Gasteiger partial charge in [0.05, 0.1) is 17.2 Å². The first-order chi connectivity index (χ1) is 9.20. The van der Waals surface area contributed by atoms with Gasteiger partial charge in [0.1, 0.15) is 0 Å². The Labute approximate surface area is 120 Å². The number of aromatic nitrogens is 1. The largest absolute Gasteiger partial charge is 0.357 e. The fraction of sp³-hybridized carbons (Fsp3) is 0.714. The van der Waals surface area contributed by atoms with Gasteiger partial charge in [-0.2, -0.15) is 0 Å². The van der Waals surface area contributed by atoms with Gasteiger partial charge < -0.3 is 10.2 Å². The lowest BCUT2D eigenvalue weighted by Crippen LogP contribution is -2.39. The number of aliphatic imine (C=N–C) groups is 1. The molecule has 19 heavy (non-hydrogen) atoms. The molecule has 0 aliphatic carbocycles. The number of guanidine groups is 1. The zero-order chi connectivity index (χ0) is 13.7. The summed E-state index contributed by atoms with van der Waals surface area (Å²) in [7, 11) is 0. The topological polar surface area (TPSA) is 40.5 Å². The molecule has 0 spiro atoms. The third-order valence-electron chi connectivity index (χ3n) is 3.19. The molecule has 0 unspecified atom stereocenters. The van der Waals surface area contributed by atoms with E-state index < -0.39 is 0 Å². The van der Waals surface area contributed by atoms with Gasteiger partial charge in [-0.1, -0.05) is 13.8 Å². The number of hydrogen-bond acceptors (Lipinski definition) is 3. The summed E-state index contributed by atoms with van der Waals surface area (Å²) in [6.07, 6.45) is 2.55. The molecule has 0 radical (unpaired) electrons. The van der Waals surface area contributed by atoms with Crippen molar-refractivity contribution in [3.63, 3.8) is 0 Å². The smallest absolute Gasteiger partial charge is 0.194 e. The Morgan fingerprint density at radius 3 is 2.79 bits per heavy atom. The molecule has 0 atom stereocenters. The summed E-state index contributed by atoms with van der Waals surface area (Å²) in [4.78, 5) is 11.7. The molecule has 1 aliphatic heterocycles. The molecule has 1 aliphatic rings. The zero-order valence-electron chi connectivity index (χ0n) is 12.1. The number of nitrogens with zero attached hydrogens (tertiary/aromatic N) is 3. The summed E-state index contributed by atoms with van der Waals surface area (Å²) >= 11 is 1.74. The van der Waals surface area contributed by atoms with Gasteiger partial charge in [0.25, 0.3) is 0 Å².